The Labute approximate surface area is 455 Å². The van der Waals surface area contributed by atoms with E-state index in [1.165, 1.54) is 6.07 Å². The Bertz CT molecular complexity index is 4650. The lowest BCUT2D eigenvalue weighted by atomic mass is 9.93. The molecule has 0 spiro atoms. The van der Waals surface area contributed by atoms with Crippen LogP contribution in [-0.4, -0.2) is 39.0 Å². The highest BCUT2D eigenvalue weighted by molar-refractivity contribution is 6.13. The first kappa shape index (κ1) is 47.5. The molecule has 10 aromatic carbocycles. The fourth-order valence-electron chi connectivity index (χ4n) is 10.9. The number of hydrogen-bond donors (Lipinski definition) is 0. The van der Waals surface area contributed by atoms with Gasteiger partial charge in [-0.15, -0.1) is 0 Å². The fourth-order valence-corrected chi connectivity index (χ4v) is 10.9. The average Bonchev–Trinajstić information content (AvgIpc) is 4.05. The van der Waals surface area contributed by atoms with E-state index in [4.69, 9.17) is 29.9 Å². The van der Waals surface area contributed by atoms with Crippen LogP contribution < -0.4 is 0 Å². The van der Waals surface area contributed by atoms with Gasteiger partial charge in [-0.05, 0) is 78.9 Å². The number of hydrogen-bond acceptors (Lipinski definition) is 7. The van der Waals surface area contributed by atoms with Gasteiger partial charge in [-0.1, -0.05) is 164 Å². The molecule has 4 heterocycles. The highest BCUT2D eigenvalue weighted by atomic mass is 19.4. The van der Waals surface area contributed by atoms with Gasteiger partial charge in [0.05, 0.1) is 50.6 Å². The summed E-state index contributed by atoms with van der Waals surface area (Å²) in [5.41, 5.74) is 7.71. The maximum Gasteiger partial charge on any atom is 0.417 e. The summed E-state index contributed by atoms with van der Waals surface area (Å²) in [6.45, 7) is 0. The van der Waals surface area contributed by atoms with Crippen molar-refractivity contribution < 1.29 is 13.2 Å². The highest BCUT2D eigenvalue weighted by Crippen LogP contribution is 2.47. The first-order chi connectivity index (χ1) is 39.3. The minimum atomic E-state index is -4.82. The lowest BCUT2D eigenvalue weighted by Crippen LogP contribution is -2.11. The predicted octanol–water partition coefficient (Wildman–Crippen LogP) is 16.8. The molecule has 0 aliphatic carbocycles. The summed E-state index contributed by atoms with van der Waals surface area (Å²) in [5, 5.41) is 13.8. The van der Waals surface area contributed by atoms with E-state index in [0.717, 1.165) is 66.5 Å². The topological polar surface area (TPSA) is 111 Å². The maximum atomic E-state index is 16.1. The SMILES string of the molecule is N#Cc1ccc(-n2c3ccccc3c3cc(-c4nc(-c5ccccc5)nc(-c5ccccc5)n4)ccc32)c(-c2c(-n3c4ccccc4c4cc(-c5nc(-c6ccccc6)nc(-c6ccccc6)n5)ccc43)cccc2C(F)(F)F)c1. The second-order valence-electron chi connectivity index (χ2n) is 19.3. The van der Waals surface area contributed by atoms with Gasteiger partial charge in [0.15, 0.2) is 34.9 Å². The predicted molar refractivity (Wildman–Crippen MR) is 310 cm³/mol. The van der Waals surface area contributed by atoms with Gasteiger partial charge in [0.2, 0.25) is 0 Å². The highest BCUT2D eigenvalue weighted by Gasteiger charge is 2.37. The van der Waals surface area contributed by atoms with Crippen molar-refractivity contribution in [2.24, 2.45) is 0 Å². The first-order valence-corrected chi connectivity index (χ1v) is 25.8. The molecule has 12 heteroatoms. The Morgan fingerprint density at radius 3 is 1.11 bits per heavy atom. The molecule has 0 fully saturated rings. The third kappa shape index (κ3) is 8.29. The van der Waals surface area contributed by atoms with Crippen LogP contribution in [0.25, 0.3) is 134 Å². The molecule has 0 radical (unpaired) electrons. The van der Waals surface area contributed by atoms with Crippen molar-refractivity contribution in [2.45, 2.75) is 6.18 Å². The Kier molecular flexibility index (Phi) is 11.5. The van der Waals surface area contributed by atoms with Crippen molar-refractivity contribution in [2.75, 3.05) is 0 Å². The van der Waals surface area contributed by atoms with E-state index < -0.39 is 11.7 Å². The Balaban J connectivity index is 0.975. The van der Waals surface area contributed by atoms with Gasteiger partial charge in [0.25, 0.3) is 0 Å². The van der Waals surface area contributed by atoms with E-state index in [9.17, 15) is 5.26 Å². The number of aromatic nitrogens is 8. The lowest BCUT2D eigenvalue weighted by Gasteiger charge is -2.22. The molecule has 0 saturated carbocycles. The van der Waals surface area contributed by atoms with E-state index >= 15 is 13.2 Å². The number of para-hydroxylation sites is 2. The third-order valence-electron chi connectivity index (χ3n) is 14.5. The number of benzene rings is 10. The van der Waals surface area contributed by atoms with Gasteiger partial charge >= 0.3 is 6.18 Å². The van der Waals surface area contributed by atoms with Crippen LogP contribution in [0.2, 0.25) is 0 Å². The molecule has 0 saturated heterocycles. The van der Waals surface area contributed by atoms with Gasteiger partial charge in [-0.2, -0.15) is 18.4 Å². The summed E-state index contributed by atoms with van der Waals surface area (Å²) in [7, 11) is 0. The van der Waals surface area contributed by atoms with Gasteiger partial charge in [0, 0.05) is 66.1 Å². The number of nitrogens with zero attached hydrogens (tertiary/aromatic N) is 9. The largest absolute Gasteiger partial charge is 0.417 e. The molecular formula is C68H40F3N9. The first-order valence-electron chi connectivity index (χ1n) is 25.8. The van der Waals surface area contributed by atoms with E-state index in [-0.39, 0.29) is 22.4 Å². The Morgan fingerprint density at radius 2 is 0.700 bits per heavy atom. The smallest absolute Gasteiger partial charge is 0.309 e. The van der Waals surface area contributed by atoms with Crippen LogP contribution in [0.15, 0.2) is 243 Å². The lowest BCUT2D eigenvalue weighted by molar-refractivity contribution is -0.137. The average molecular weight is 1040 g/mol. The summed E-state index contributed by atoms with van der Waals surface area (Å²) < 4.78 is 52.1. The van der Waals surface area contributed by atoms with Crippen molar-refractivity contribution in [1.82, 2.24) is 39.0 Å². The van der Waals surface area contributed by atoms with Gasteiger partial charge in [-0.25, -0.2) is 29.9 Å². The molecule has 80 heavy (non-hydrogen) atoms. The molecule has 14 aromatic rings. The molecule has 0 bridgehead atoms. The molecular weight excluding hydrogens is 1000 g/mol. The van der Waals surface area contributed by atoms with Gasteiger partial charge in [-0.3, -0.25) is 0 Å². The second kappa shape index (κ2) is 19.3. The van der Waals surface area contributed by atoms with Crippen molar-refractivity contribution >= 4 is 43.6 Å². The van der Waals surface area contributed by atoms with Gasteiger partial charge in [0.1, 0.15) is 0 Å². The maximum absolute atomic E-state index is 16.1. The normalized spacial score (nSPS) is 11.7. The molecule has 0 N–H and O–H groups in total. The second-order valence-corrected chi connectivity index (χ2v) is 19.3. The molecule has 14 rings (SSSR count). The quantitative estimate of drug-likeness (QED) is 0.142. The van der Waals surface area contributed by atoms with Crippen molar-refractivity contribution in [1.29, 1.82) is 5.26 Å². The van der Waals surface area contributed by atoms with Crippen molar-refractivity contribution in [3.8, 4) is 96.9 Å². The van der Waals surface area contributed by atoms with Crippen LogP contribution in [0.3, 0.4) is 0 Å². The van der Waals surface area contributed by atoms with Crippen LogP contribution in [0, 0.1) is 11.3 Å². The van der Waals surface area contributed by atoms with E-state index in [1.807, 2.05) is 215 Å². The fraction of sp³-hybridized carbons (Fsp3) is 0.0147. The Morgan fingerprint density at radius 1 is 0.325 bits per heavy atom. The van der Waals surface area contributed by atoms with E-state index in [2.05, 4.69) is 6.07 Å². The molecule has 0 aliphatic heterocycles. The zero-order valence-corrected chi connectivity index (χ0v) is 42.3. The molecule has 0 atom stereocenters. The minimum absolute atomic E-state index is 0.0917. The number of rotatable bonds is 9. The van der Waals surface area contributed by atoms with Crippen LogP contribution >= 0.6 is 0 Å². The zero-order valence-electron chi connectivity index (χ0n) is 42.3. The monoisotopic (exact) mass is 1040 g/mol. The Hall–Kier alpha value is -10.9. The summed E-state index contributed by atoms with van der Waals surface area (Å²) in [6.07, 6.45) is -4.82. The summed E-state index contributed by atoms with van der Waals surface area (Å²) in [4.78, 5) is 29.8. The minimum Gasteiger partial charge on any atom is -0.309 e. The summed E-state index contributed by atoms with van der Waals surface area (Å²) in [6, 6.07) is 77.6. The molecule has 0 aliphatic rings. The summed E-state index contributed by atoms with van der Waals surface area (Å²) in [5.74, 6) is 2.93. The third-order valence-corrected chi connectivity index (χ3v) is 14.5. The number of nitriles is 1. The standard InChI is InChI=1S/C68H40F3N9/c69-68(70,71)54-28-17-31-60(80-56-30-16-14-27-50(56)52-40-48(34-37-58(52)80)67-77-64(45-22-9-3-10-23-45)74-65(78-67)46-24-11-4-12-25-46)61(54)53-38-42(41-72)32-35-59(53)79-55-29-15-13-26-49(55)51-39-47(33-36-57(51)79)66-75-62(43-18-5-1-6-19-43)73-63(76-66)44-20-7-2-8-21-44/h1-40H. The van der Waals surface area contributed by atoms with Crippen LogP contribution in [-0.2, 0) is 6.18 Å². The summed E-state index contributed by atoms with van der Waals surface area (Å²) >= 11 is 0. The molecule has 378 valence electrons. The van der Waals surface area contributed by atoms with E-state index in [0.29, 0.717) is 57.2 Å². The molecule has 0 amide bonds. The number of fused-ring (bicyclic) bond motifs is 6. The number of alkyl halides is 3. The molecule has 9 nitrogen and oxygen atoms in total. The molecule has 4 aromatic heterocycles. The molecule has 0 unspecified atom stereocenters. The van der Waals surface area contributed by atoms with Crippen LogP contribution in [0.1, 0.15) is 11.1 Å². The zero-order chi connectivity index (χ0) is 53.9. The van der Waals surface area contributed by atoms with Crippen LogP contribution in [0.5, 0.6) is 0 Å². The van der Waals surface area contributed by atoms with Crippen molar-refractivity contribution in [3.05, 3.63) is 254 Å². The van der Waals surface area contributed by atoms with Crippen molar-refractivity contribution in [3.63, 3.8) is 0 Å². The van der Waals surface area contributed by atoms with E-state index in [1.54, 1.807) is 24.3 Å². The van der Waals surface area contributed by atoms with Crippen LogP contribution in [0.4, 0.5) is 13.2 Å². The van der Waals surface area contributed by atoms with Gasteiger partial charge < -0.3 is 9.13 Å². The number of halogens is 3.